The summed E-state index contributed by atoms with van der Waals surface area (Å²) in [5.41, 5.74) is 1.12. The molecule has 0 aromatic heterocycles. The fraction of sp³-hybridized carbons (Fsp3) is 0.500. The molecule has 18 heavy (non-hydrogen) atoms. The van der Waals surface area contributed by atoms with Gasteiger partial charge in [0.05, 0.1) is 6.10 Å². The molecule has 0 heterocycles. The van der Waals surface area contributed by atoms with Crippen LogP contribution in [0.4, 0.5) is 0 Å². The lowest BCUT2D eigenvalue weighted by Crippen LogP contribution is -2.33. The maximum Gasteiger partial charge on any atom is 0.248 e. The van der Waals surface area contributed by atoms with E-state index in [9.17, 15) is 4.79 Å². The predicted molar refractivity (Wildman–Crippen MR) is 70.6 cm³/mol. The molecule has 0 bridgehead atoms. The Kier molecular flexibility index (Phi) is 5.65. The van der Waals surface area contributed by atoms with Crippen LogP contribution < -0.4 is 10.1 Å². The molecule has 1 aromatic rings. The quantitative estimate of drug-likeness (QED) is 0.805. The fourth-order valence-electron chi connectivity index (χ4n) is 1.48. The standard InChI is InChI=1S/C14H21NO3/c1-10(2)18-13-6-4-12(5-7-13)8-9-15-14(17)11(3)16/h4-7,10-11,16H,8-9H2,1-3H3,(H,15,17)/t11-/m1/s1. The molecule has 0 spiro atoms. The third-order valence-electron chi connectivity index (χ3n) is 2.39. The number of carbonyl (C=O) groups is 1. The summed E-state index contributed by atoms with van der Waals surface area (Å²) in [5.74, 6) is 0.511. The van der Waals surface area contributed by atoms with Crippen molar-refractivity contribution in [2.24, 2.45) is 0 Å². The first-order valence-corrected chi connectivity index (χ1v) is 6.20. The number of carbonyl (C=O) groups excluding carboxylic acids is 1. The second kappa shape index (κ2) is 7.01. The van der Waals surface area contributed by atoms with Crippen LogP contribution in [-0.4, -0.2) is 29.8 Å². The van der Waals surface area contributed by atoms with E-state index in [1.165, 1.54) is 6.92 Å². The molecular formula is C14H21NO3. The van der Waals surface area contributed by atoms with Gasteiger partial charge in [-0.15, -0.1) is 0 Å². The van der Waals surface area contributed by atoms with Crippen molar-refractivity contribution in [3.05, 3.63) is 29.8 Å². The van der Waals surface area contributed by atoms with Gasteiger partial charge in [0, 0.05) is 6.54 Å². The Bertz CT molecular complexity index is 371. The van der Waals surface area contributed by atoms with Crippen molar-refractivity contribution in [2.75, 3.05) is 6.54 Å². The van der Waals surface area contributed by atoms with Crippen molar-refractivity contribution >= 4 is 5.91 Å². The summed E-state index contributed by atoms with van der Waals surface area (Å²) in [4.78, 5) is 11.1. The van der Waals surface area contributed by atoms with Crippen LogP contribution in [0.2, 0.25) is 0 Å². The van der Waals surface area contributed by atoms with Crippen molar-refractivity contribution < 1.29 is 14.6 Å². The number of nitrogens with one attached hydrogen (secondary N) is 1. The molecule has 1 amide bonds. The normalized spacial score (nSPS) is 12.3. The lowest BCUT2D eigenvalue weighted by Gasteiger charge is -2.10. The van der Waals surface area contributed by atoms with E-state index in [1.807, 2.05) is 38.1 Å². The van der Waals surface area contributed by atoms with Crippen LogP contribution in [0.1, 0.15) is 26.3 Å². The molecule has 0 radical (unpaired) electrons. The largest absolute Gasteiger partial charge is 0.491 e. The molecule has 1 aromatic carbocycles. The number of amides is 1. The molecule has 0 saturated carbocycles. The molecule has 0 fully saturated rings. The van der Waals surface area contributed by atoms with Gasteiger partial charge in [-0.1, -0.05) is 12.1 Å². The van der Waals surface area contributed by atoms with Gasteiger partial charge in [0.2, 0.25) is 5.91 Å². The van der Waals surface area contributed by atoms with Crippen LogP contribution >= 0.6 is 0 Å². The zero-order chi connectivity index (χ0) is 13.5. The average Bonchev–Trinajstić information content (AvgIpc) is 2.30. The summed E-state index contributed by atoms with van der Waals surface area (Å²) in [6.45, 7) is 5.94. The van der Waals surface area contributed by atoms with E-state index in [4.69, 9.17) is 9.84 Å². The first-order valence-electron chi connectivity index (χ1n) is 6.20. The first kappa shape index (κ1) is 14.5. The molecule has 0 aliphatic rings. The van der Waals surface area contributed by atoms with E-state index >= 15 is 0 Å². The maximum absolute atomic E-state index is 11.1. The minimum atomic E-state index is -0.952. The summed E-state index contributed by atoms with van der Waals surface area (Å²) in [6.07, 6.45) is -0.0477. The van der Waals surface area contributed by atoms with Crippen molar-refractivity contribution in [3.8, 4) is 5.75 Å². The van der Waals surface area contributed by atoms with Crippen molar-refractivity contribution in [1.29, 1.82) is 0 Å². The highest BCUT2D eigenvalue weighted by Gasteiger charge is 2.06. The van der Waals surface area contributed by atoms with Crippen molar-refractivity contribution in [1.82, 2.24) is 5.32 Å². The van der Waals surface area contributed by atoms with Gasteiger partial charge >= 0.3 is 0 Å². The summed E-state index contributed by atoms with van der Waals surface area (Å²) < 4.78 is 5.54. The molecule has 100 valence electrons. The highest BCUT2D eigenvalue weighted by molar-refractivity contribution is 5.79. The van der Waals surface area contributed by atoms with Gasteiger partial charge in [-0.3, -0.25) is 4.79 Å². The lowest BCUT2D eigenvalue weighted by molar-refractivity contribution is -0.128. The third kappa shape index (κ3) is 5.19. The van der Waals surface area contributed by atoms with Crippen LogP contribution in [0, 0.1) is 0 Å². The summed E-state index contributed by atoms with van der Waals surface area (Å²) in [5, 5.41) is 11.7. The Morgan fingerprint density at radius 1 is 1.28 bits per heavy atom. The molecule has 1 atom stereocenters. The summed E-state index contributed by atoms with van der Waals surface area (Å²) >= 11 is 0. The highest BCUT2D eigenvalue weighted by atomic mass is 16.5. The van der Waals surface area contributed by atoms with Gasteiger partial charge in [0.15, 0.2) is 0 Å². The van der Waals surface area contributed by atoms with E-state index in [2.05, 4.69) is 5.32 Å². The van der Waals surface area contributed by atoms with E-state index in [0.717, 1.165) is 17.7 Å². The van der Waals surface area contributed by atoms with Gasteiger partial charge in [-0.2, -0.15) is 0 Å². The van der Waals surface area contributed by atoms with E-state index in [0.29, 0.717) is 6.54 Å². The number of ether oxygens (including phenoxy) is 1. The number of aliphatic hydroxyl groups is 1. The highest BCUT2D eigenvalue weighted by Crippen LogP contribution is 2.13. The van der Waals surface area contributed by atoms with Crippen LogP contribution in [0.15, 0.2) is 24.3 Å². The number of benzene rings is 1. The molecule has 4 nitrogen and oxygen atoms in total. The van der Waals surface area contributed by atoms with Crippen LogP contribution in [0.5, 0.6) is 5.75 Å². The minimum Gasteiger partial charge on any atom is -0.491 e. The number of hydrogen-bond acceptors (Lipinski definition) is 3. The Labute approximate surface area is 108 Å². The molecule has 0 unspecified atom stereocenters. The predicted octanol–water partition coefficient (Wildman–Crippen LogP) is 1.51. The molecule has 0 aliphatic heterocycles. The Balaban J connectivity index is 2.37. The molecule has 1 rings (SSSR count). The lowest BCUT2D eigenvalue weighted by atomic mass is 10.1. The number of hydrogen-bond donors (Lipinski definition) is 2. The molecule has 0 aliphatic carbocycles. The SMILES string of the molecule is CC(C)Oc1ccc(CCNC(=O)[C@@H](C)O)cc1. The average molecular weight is 251 g/mol. The van der Waals surface area contributed by atoms with E-state index < -0.39 is 6.10 Å². The summed E-state index contributed by atoms with van der Waals surface area (Å²) in [6, 6.07) is 7.80. The summed E-state index contributed by atoms with van der Waals surface area (Å²) in [7, 11) is 0. The van der Waals surface area contributed by atoms with E-state index in [-0.39, 0.29) is 12.0 Å². The van der Waals surface area contributed by atoms with Gasteiger partial charge in [0.25, 0.3) is 0 Å². The van der Waals surface area contributed by atoms with E-state index in [1.54, 1.807) is 0 Å². The van der Waals surface area contributed by atoms with Gasteiger partial charge in [-0.25, -0.2) is 0 Å². The van der Waals surface area contributed by atoms with Gasteiger partial charge in [0.1, 0.15) is 11.9 Å². The zero-order valence-electron chi connectivity index (χ0n) is 11.1. The molecule has 0 saturated heterocycles. The van der Waals surface area contributed by atoms with Gasteiger partial charge in [-0.05, 0) is 44.9 Å². The zero-order valence-corrected chi connectivity index (χ0v) is 11.1. The Morgan fingerprint density at radius 3 is 2.39 bits per heavy atom. The minimum absolute atomic E-state index is 0.168. The monoisotopic (exact) mass is 251 g/mol. The van der Waals surface area contributed by atoms with Gasteiger partial charge < -0.3 is 15.2 Å². The number of aliphatic hydroxyl groups excluding tert-OH is 1. The molecule has 4 heteroatoms. The second-order valence-electron chi connectivity index (χ2n) is 4.53. The Hall–Kier alpha value is -1.55. The second-order valence-corrected chi connectivity index (χ2v) is 4.53. The smallest absolute Gasteiger partial charge is 0.248 e. The third-order valence-corrected chi connectivity index (χ3v) is 2.39. The van der Waals surface area contributed by atoms with Crippen LogP contribution in [0.25, 0.3) is 0 Å². The molecular weight excluding hydrogens is 230 g/mol. The fourth-order valence-corrected chi connectivity index (χ4v) is 1.48. The Morgan fingerprint density at radius 2 is 1.89 bits per heavy atom. The first-order chi connectivity index (χ1) is 8.49. The number of rotatable bonds is 6. The van der Waals surface area contributed by atoms with Crippen LogP contribution in [-0.2, 0) is 11.2 Å². The van der Waals surface area contributed by atoms with Crippen LogP contribution in [0.3, 0.4) is 0 Å². The topological polar surface area (TPSA) is 58.6 Å². The van der Waals surface area contributed by atoms with Crippen molar-refractivity contribution in [3.63, 3.8) is 0 Å². The molecule has 2 N–H and O–H groups in total. The maximum atomic E-state index is 11.1. The van der Waals surface area contributed by atoms with Crippen molar-refractivity contribution in [2.45, 2.75) is 39.4 Å².